The molecule has 0 aliphatic rings. The van der Waals surface area contributed by atoms with Gasteiger partial charge in [-0.25, -0.2) is 4.98 Å². The summed E-state index contributed by atoms with van der Waals surface area (Å²) in [7, 11) is 0. The number of carbonyl (C=O) groups excluding carboxylic acids is 1. The van der Waals surface area contributed by atoms with Gasteiger partial charge in [-0.05, 0) is 44.3 Å². The van der Waals surface area contributed by atoms with Crippen molar-refractivity contribution in [1.82, 2.24) is 14.7 Å². The van der Waals surface area contributed by atoms with Crippen molar-refractivity contribution in [1.29, 1.82) is 0 Å². The van der Waals surface area contributed by atoms with Crippen molar-refractivity contribution in [2.75, 3.05) is 0 Å². The minimum Gasteiger partial charge on any atom is -0.401 e. The first-order chi connectivity index (χ1) is 12.9. The number of imidazole rings is 1. The molecule has 0 unspecified atom stereocenters. The van der Waals surface area contributed by atoms with E-state index in [0.29, 0.717) is 17.1 Å². The van der Waals surface area contributed by atoms with Crippen LogP contribution in [0.2, 0.25) is 0 Å². The van der Waals surface area contributed by atoms with E-state index in [2.05, 4.69) is 17.4 Å². The molecule has 7 heteroatoms. The first kappa shape index (κ1) is 19.0. The second-order valence-corrected chi connectivity index (χ2v) is 7.16. The van der Waals surface area contributed by atoms with Crippen LogP contribution in [-0.4, -0.2) is 15.3 Å². The molecular weight excluding hydrogens is 358 g/mol. The molecule has 0 bridgehead atoms. The Kier molecular flexibility index (Phi) is 5.53. The van der Waals surface area contributed by atoms with Crippen LogP contribution in [0.1, 0.15) is 23.7 Å². The van der Waals surface area contributed by atoms with E-state index in [-0.39, 0.29) is 5.91 Å². The van der Waals surface area contributed by atoms with Crippen molar-refractivity contribution in [3.8, 4) is 11.3 Å². The molecule has 0 spiro atoms. The number of nitrogens with one attached hydrogen (secondary N) is 1. The fraction of sp³-hybridized carbons (Fsp3) is 0.200. The first-order valence-electron chi connectivity index (χ1n) is 8.56. The van der Waals surface area contributed by atoms with Crippen LogP contribution in [0.3, 0.4) is 0 Å². The fourth-order valence-corrected chi connectivity index (χ4v) is 3.25. The summed E-state index contributed by atoms with van der Waals surface area (Å²) >= 11 is 0.852. The Bertz CT molecular complexity index is 1020. The number of nitrogens with two attached hydrogens (primary N) is 2. The van der Waals surface area contributed by atoms with Crippen molar-refractivity contribution in [2.24, 2.45) is 10.9 Å². The Morgan fingerprint density at radius 2 is 1.81 bits per heavy atom. The molecule has 6 nitrogen and oxygen atoms in total. The third-order valence-electron chi connectivity index (χ3n) is 4.29. The van der Waals surface area contributed by atoms with Crippen molar-refractivity contribution < 1.29 is 4.79 Å². The smallest absolute Gasteiger partial charge is 0.261 e. The zero-order valence-electron chi connectivity index (χ0n) is 15.6. The second-order valence-electron chi connectivity index (χ2n) is 6.52. The molecule has 1 aromatic carbocycles. The molecule has 0 aliphatic carbocycles. The Hall–Kier alpha value is -2.77. The van der Waals surface area contributed by atoms with Gasteiger partial charge in [0, 0.05) is 17.5 Å². The first-order valence-corrected chi connectivity index (χ1v) is 9.44. The van der Waals surface area contributed by atoms with Gasteiger partial charge in [-0.15, -0.1) is 0 Å². The zero-order valence-corrected chi connectivity index (χ0v) is 16.4. The Morgan fingerprint density at radius 1 is 1.15 bits per heavy atom. The quantitative estimate of drug-likeness (QED) is 0.466. The van der Waals surface area contributed by atoms with Crippen LogP contribution in [0.15, 0.2) is 53.2 Å². The van der Waals surface area contributed by atoms with Crippen LogP contribution < -0.4 is 16.2 Å². The van der Waals surface area contributed by atoms with E-state index < -0.39 is 0 Å². The molecule has 0 saturated carbocycles. The van der Waals surface area contributed by atoms with E-state index in [1.807, 2.05) is 48.7 Å². The van der Waals surface area contributed by atoms with E-state index in [9.17, 15) is 4.79 Å². The number of aromatic nitrogens is 2. The monoisotopic (exact) mass is 381 g/mol. The molecule has 0 radical (unpaired) electrons. The third-order valence-corrected chi connectivity index (χ3v) is 5.03. The number of rotatable bonds is 5. The predicted molar refractivity (Wildman–Crippen MR) is 111 cm³/mol. The highest BCUT2D eigenvalue weighted by Gasteiger charge is 2.17. The highest BCUT2D eigenvalue weighted by Crippen LogP contribution is 2.25. The normalized spacial score (nSPS) is 12.1. The van der Waals surface area contributed by atoms with Gasteiger partial charge >= 0.3 is 0 Å². The summed E-state index contributed by atoms with van der Waals surface area (Å²) < 4.78 is 2.01. The molecule has 0 saturated heterocycles. The van der Waals surface area contributed by atoms with E-state index in [1.54, 1.807) is 6.92 Å². The molecule has 0 atom stereocenters. The fourth-order valence-electron chi connectivity index (χ4n) is 2.88. The van der Waals surface area contributed by atoms with Gasteiger partial charge in [0.1, 0.15) is 10.6 Å². The topological polar surface area (TPSA) is 98.4 Å². The molecule has 2 aromatic heterocycles. The summed E-state index contributed by atoms with van der Waals surface area (Å²) in [6, 6.07) is 12.2. The lowest BCUT2D eigenvalue weighted by atomic mass is 10.1. The van der Waals surface area contributed by atoms with Crippen LogP contribution in [-0.2, 0) is 11.3 Å². The Labute approximate surface area is 162 Å². The van der Waals surface area contributed by atoms with Gasteiger partial charge in [0.2, 0.25) is 0 Å². The van der Waals surface area contributed by atoms with E-state index in [4.69, 9.17) is 15.9 Å². The van der Waals surface area contributed by atoms with Gasteiger partial charge in [0.15, 0.2) is 0 Å². The lowest BCUT2D eigenvalue weighted by molar-refractivity contribution is -0.117. The lowest BCUT2D eigenvalue weighted by Gasteiger charge is -2.10. The van der Waals surface area contributed by atoms with Gasteiger partial charge in [-0.2, -0.15) is 0 Å². The average molecular weight is 382 g/mol. The van der Waals surface area contributed by atoms with E-state index in [1.165, 1.54) is 5.56 Å². The summed E-state index contributed by atoms with van der Waals surface area (Å²) in [5, 5.41) is 8.48. The van der Waals surface area contributed by atoms with E-state index in [0.717, 1.165) is 40.1 Å². The van der Waals surface area contributed by atoms with Crippen LogP contribution in [0.4, 0.5) is 0 Å². The molecule has 5 N–H and O–H groups in total. The van der Waals surface area contributed by atoms with Crippen LogP contribution >= 0.6 is 11.9 Å². The second kappa shape index (κ2) is 7.85. The standard InChI is InChI=1S/C20H23N5OS/c1-12-4-7-15(8-5-12)18-16(10-23-20(26)19(27-22)14(3)21)25-11-13(2)6-9-17(25)24-18/h4-9,11H,10,21-22H2,1-3H3,(H,23,26)/b19-14-. The van der Waals surface area contributed by atoms with Crippen molar-refractivity contribution >= 4 is 23.5 Å². The maximum Gasteiger partial charge on any atom is 0.261 e. The summed E-state index contributed by atoms with van der Waals surface area (Å²) in [5.74, 6) is -0.292. The summed E-state index contributed by atoms with van der Waals surface area (Å²) in [4.78, 5) is 17.5. The number of allylic oxidation sites excluding steroid dienone is 1. The minimum atomic E-state index is -0.292. The maximum absolute atomic E-state index is 12.4. The van der Waals surface area contributed by atoms with Gasteiger partial charge < -0.3 is 15.5 Å². The molecule has 3 aromatic rings. The molecule has 0 fully saturated rings. The minimum absolute atomic E-state index is 0.292. The number of hydrogen-bond acceptors (Lipinski definition) is 5. The highest BCUT2D eigenvalue weighted by molar-refractivity contribution is 8.01. The van der Waals surface area contributed by atoms with Gasteiger partial charge in [-0.1, -0.05) is 35.9 Å². The molecule has 1 amide bonds. The molecule has 3 rings (SSSR count). The summed E-state index contributed by atoms with van der Waals surface area (Å²) in [6.07, 6.45) is 2.02. The number of aryl methyl sites for hydroxylation is 2. The number of amides is 1. The number of benzene rings is 1. The van der Waals surface area contributed by atoms with E-state index >= 15 is 0 Å². The lowest BCUT2D eigenvalue weighted by Crippen LogP contribution is -2.26. The van der Waals surface area contributed by atoms with Crippen LogP contribution in [0.5, 0.6) is 0 Å². The third kappa shape index (κ3) is 3.99. The number of fused-ring (bicyclic) bond motifs is 1. The van der Waals surface area contributed by atoms with Crippen molar-refractivity contribution in [3.63, 3.8) is 0 Å². The zero-order chi connectivity index (χ0) is 19.6. The summed E-state index contributed by atoms with van der Waals surface area (Å²) in [5.41, 5.74) is 12.0. The number of pyridine rings is 1. The van der Waals surface area contributed by atoms with Crippen molar-refractivity contribution in [2.45, 2.75) is 27.3 Å². The van der Waals surface area contributed by atoms with Gasteiger partial charge in [-0.3, -0.25) is 9.93 Å². The summed E-state index contributed by atoms with van der Waals surface area (Å²) in [6.45, 7) is 6.04. The maximum atomic E-state index is 12.4. The molecular formula is C20H23N5OS. The highest BCUT2D eigenvalue weighted by atomic mass is 32.2. The number of nitrogens with zero attached hydrogens (tertiary/aromatic N) is 2. The number of carbonyl (C=O) groups is 1. The van der Waals surface area contributed by atoms with Gasteiger partial charge in [0.05, 0.1) is 17.9 Å². The SMILES string of the molecule is C/C(N)=C(/SN)C(=O)NCc1c(-c2ccc(C)cc2)nc2ccc(C)cn12. The van der Waals surface area contributed by atoms with Gasteiger partial charge in [0.25, 0.3) is 5.91 Å². The Morgan fingerprint density at radius 3 is 2.44 bits per heavy atom. The largest absolute Gasteiger partial charge is 0.401 e. The van der Waals surface area contributed by atoms with Crippen LogP contribution in [0, 0.1) is 13.8 Å². The average Bonchev–Trinajstić information content (AvgIpc) is 2.98. The number of hydrogen-bond donors (Lipinski definition) is 3. The Balaban J connectivity index is 2.03. The molecule has 0 aliphatic heterocycles. The molecule has 2 heterocycles. The molecule has 140 valence electrons. The molecule has 27 heavy (non-hydrogen) atoms. The predicted octanol–water partition coefficient (Wildman–Crippen LogP) is 3.03. The van der Waals surface area contributed by atoms with Crippen LogP contribution in [0.25, 0.3) is 16.9 Å². The van der Waals surface area contributed by atoms with Crippen molar-refractivity contribution in [3.05, 3.63) is 70.0 Å².